The average Bonchev–Trinajstić information content (AvgIpc) is 2.92. The fraction of sp³-hybridized carbons (Fsp3) is 0.733. The van der Waals surface area contributed by atoms with Crippen LogP contribution in [0.3, 0.4) is 0 Å². The Bertz CT molecular complexity index is 430. The lowest BCUT2D eigenvalue weighted by Gasteiger charge is -2.21. The molecule has 1 aliphatic heterocycles. The molecule has 0 saturated carbocycles. The van der Waals surface area contributed by atoms with E-state index in [9.17, 15) is 0 Å². The van der Waals surface area contributed by atoms with Gasteiger partial charge in [0.2, 0.25) is 5.88 Å². The Labute approximate surface area is 126 Å². The van der Waals surface area contributed by atoms with E-state index in [-0.39, 0.29) is 6.10 Å². The van der Waals surface area contributed by atoms with E-state index in [1.807, 2.05) is 0 Å². The second-order valence-electron chi connectivity index (χ2n) is 5.43. The zero-order valence-corrected chi connectivity index (χ0v) is 13.1. The molecule has 0 bridgehead atoms. The lowest BCUT2D eigenvalue weighted by atomic mass is 10.1. The topological polar surface area (TPSA) is 56.7 Å². The molecule has 0 spiro atoms. The van der Waals surface area contributed by atoms with E-state index in [1.165, 1.54) is 0 Å². The Kier molecular flexibility index (Phi) is 6.35. The summed E-state index contributed by atoms with van der Waals surface area (Å²) < 4.78 is 16.3. The largest absolute Gasteiger partial charge is 0.481 e. The van der Waals surface area contributed by atoms with Gasteiger partial charge in [-0.15, -0.1) is 0 Å². The van der Waals surface area contributed by atoms with Gasteiger partial charge < -0.3 is 19.1 Å². The van der Waals surface area contributed by atoms with Gasteiger partial charge in [0.1, 0.15) is 5.82 Å². The van der Waals surface area contributed by atoms with Gasteiger partial charge in [-0.25, -0.2) is 4.98 Å². The molecular weight excluding hydrogens is 270 g/mol. The standard InChI is InChI=1S/C15H25N3O3/c1-18(8-9-19-2)11-13-5-4-12(21-13)10-14-16-7-6-15(17-14)20-3/h6-7,12-13H,4-5,8-11H2,1-3H3/t12-,13+/m0/s1. The van der Waals surface area contributed by atoms with Crippen molar-refractivity contribution >= 4 is 0 Å². The van der Waals surface area contributed by atoms with Crippen molar-refractivity contribution in [3.8, 4) is 5.88 Å². The van der Waals surface area contributed by atoms with Crippen LogP contribution < -0.4 is 4.74 Å². The van der Waals surface area contributed by atoms with Crippen molar-refractivity contribution in [3.63, 3.8) is 0 Å². The smallest absolute Gasteiger partial charge is 0.216 e. The third-order valence-electron chi connectivity index (χ3n) is 3.69. The predicted octanol–water partition coefficient (Wildman–Crippen LogP) is 1.15. The number of aromatic nitrogens is 2. The van der Waals surface area contributed by atoms with Crippen molar-refractivity contribution in [3.05, 3.63) is 18.1 Å². The quantitative estimate of drug-likeness (QED) is 0.717. The van der Waals surface area contributed by atoms with E-state index in [1.54, 1.807) is 26.5 Å². The van der Waals surface area contributed by atoms with Crippen LogP contribution in [0, 0.1) is 0 Å². The molecule has 6 heteroatoms. The number of likely N-dealkylation sites (N-methyl/N-ethyl adjacent to an activating group) is 1. The van der Waals surface area contributed by atoms with Crippen LogP contribution in [0.15, 0.2) is 12.3 Å². The van der Waals surface area contributed by atoms with Gasteiger partial charge in [0.05, 0.1) is 25.9 Å². The highest BCUT2D eigenvalue weighted by Crippen LogP contribution is 2.22. The summed E-state index contributed by atoms with van der Waals surface area (Å²) in [6.45, 7) is 2.63. The zero-order chi connectivity index (χ0) is 15.1. The average molecular weight is 295 g/mol. The van der Waals surface area contributed by atoms with Crippen molar-refractivity contribution in [2.45, 2.75) is 31.5 Å². The summed E-state index contributed by atoms with van der Waals surface area (Å²) in [6.07, 6.45) is 5.12. The molecule has 0 aliphatic carbocycles. The van der Waals surface area contributed by atoms with Crippen LogP contribution in [0.4, 0.5) is 0 Å². The Balaban J connectivity index is 1.76. The van der Waals surface area contributed by atoms with Crippen LogP contribution in [0.5, 0.6) is 5.88 Å². The Morgan fingerprint density at radius 2 is 2.14 bits per heavy atom. The first kappa shape index (κ1) is 16.1. The molecule has 2 rings (SSSR count). The van der Waals surface area contributed by atoms with Crippen LogP contribution in [-0.2, 0) is 15.9 Å². The van der Waals surface area contributed by atoms with Crippen LogP contribution in [0.25, 0.3) is 0 Å². The van der Waals surface area contributed by atoms with Gasteiger partial charge in [0.15, 0.2) is 0 Å². The molecule has 1 aromatic rings. The van der Waals surface area contributed by atoms with Gasteiger partial charge >= 0.3 is 0 Å². The third kappa shape index (κ3) is 5.22. The summed E-state index contributed by atoms with van der Waals surface area (Å²) in [5, 5.41) is 0. The highest BCUT2D eigenvalue weighted by Gasteiger charge is 2.27. The van der Waals surface area contributed by atoms with E-state index in [0.29, 0.717) is 12.0 Å². The maximum Gasteiger partial charge on any atom is 0.216 e. The van der Waals surface area contributed by atoms with E-state index in [2.05, 4.69) is 21.9 Å². The normalized spacial score (nSPS) is 21.9. The van der Waals surface area contributed by atoms with Gasteiger partial charge in [-0.3, -0.25) is 0 Å². The van der Waals surface area contributed by atoms with Crippen molar-refractivity contribution < 1.29 is 14.2 Å². The minimum Gasteiger partial charge on any atom is -0.481 e. The van der Waals surface area contributed by atoms with Gasteiger partial charge in [0, 0.05) is 38.9 Å². The van der Waals surface area contributed by atoms with Gasteiger partial charge in [-0.1, -0.05) is 0 Å². The molecule has 0 N–H and O–H groups in total. The SMILES string of the molecule is COCCN(C)C[C@H]1CC[C@@H](Cc2nccc(OC)n2)O1. The lowest BCUT2D eigenvalue weighted by molar-refractivity contribution is 0.0232. The molecule has 118 valence electrons. The van der Waals surface area contributed by atoms with Crippen LogP contribution >= 0.6 is 0 Å². The number of hydrogen-bond acceptors (Lipinski definition) is 6. The fourth-order valence-corrected chi connectivity index (χ4v) is 2.55. The van der Waals surface area contributed by atoms with Crippen LogP contribution in [-0.4, -0.2) is 68.0 Å². The molecular formula is C15H25N3O3. The summed E-state index contributed by atoms with van der Waals surface area (Å²) in [5.41, 5.74) is 0. The van der Waals surface area contributed by atoms with Gasteiger partial charge in [-0.05, 0) is 19.9 Å². The lowest BCUT2D eigenvalue weighted by Crippen LogP contribution is -2.32. The minimum absolute atomic E-state index is 0.206. The summed E-state index contributed by atoms with van der Waals surface area (Å²) >= 11 is 0. The fourth-order valence-electron chi connectivity index (χ4n) is 2.55. The first-order chi connectivity index (χ1) is 10.2. The molecule has 0 aromatic carbocycles. The van der Waals surface area contributed by atoms with Crippen molar-refractivity contribution in [2.24, 2.45) is 0 Å². The van der Waals surface area contributed by atoms with Crippen LogP contribution in [0.1, 0.15) is 18.7 Å². The second kappa shape index (κ2) is 8.26. The molecule has 2 atom stereocenters. The molecule has 2 heterocycles. The molecule has 21 heavy (non-hydrogen) atoms. The second-order valence-corrected chi connectivity index (χ2v) is 5.43. The Hall–Kier alpha value is -1.24. The molecule has 1 aromatic heterocycles. The summed E-state index contributed by atoms with van der Waals surface area (Å²) in [6, 6.07) is 1.76. The summed E-state index contributed by atoms with van der Waals surface area (Å²) in [4.78, 5) is 10.9. The molecule has 0 unspecified atom stereocenters. The molecule has 0 amide bonds. The predicted molar refractivity (Wildman–Crippen MR) is 79.6 cm³/mol. The molecule has 1 aliphatic rings. The number of methoxy groups -OCH3 is 2. The van der Waals surface area contributed by atoms with E-state index < -0.39 is 0 Å². The number of hydrogen-bond donors (Lipinski definition) is 0. The molecule has 1 fully saturated rings. The number of rotatable bonds is 8. The summed E-state index contributed by atoms with van der Waals surface area (Å²) in [5.74, 6) is 1.39. The Morgan fingerprint density at radius 3 is 2.90 bits per heavy atom. The highest BCUT2D eigenvalue weighted by atomic mass is 16.5. The third-order valence-corrected chi connectivity index (χ3v) is 3.69. The molecule has 6 nitrogen and oxygen atoms in total. The highest BCUT2D eigenvalue weighted by molar-refractivity contribution is 5.08. The van der Waals surface area contributed by atoms with E-state index in [4.69, 9.17) is 14.2 Å². The maximum atomic E-state index is 6.09. The van der Waals surface area contributed by atoms with Crippen molar-refractivity contribution in [1.29, 1.82) is 0 Å². The number of nitrogens with zero attached hydrogens (tertiary/aromatic N) is 3. The van der Waals surface area contributed by atoms with Gasteiger partial charge in [0.25, 0.3) is 0 Å². The van der Waals surface area contributed by atoms with Gasteiger partial charge in [-0.2, -0.15) is 4.98 Å². The molecule has 0 radical (unpaired) electrons. The monoisotopic (exact) mass is 295 g/mol. The van der Waals surface area contributed by atoms with Crippen LogP contribution in [0.2, 0.25) is 0 Å². The van der Waals surface area contributed by atoms with Crippen molar-refractivity contribution in [1.82, 2.24) is 14.9 Å². The minimum atomic E-state index is 0.206. The number of ether oxygens (including phenoxy) is 3. The first-order valence-electron chi connectivity index (χ1n) is 7.40. The Morgan fingerprint density at radius 1 is 1.33 bits per heavy atom. The zero-order valence-electron chi connectivity index (χ0n) is 13.1. The summed E-state index contributed by atoms with van der Waals surface area (Å²) in [7, 11) is 5.44. The van der Waals surface area contributed by atoms with Crippen molar-refractivity contribution in [2.75, 3.05) is 41.0 Å². The maximum absolute atomic E-state index is 6.09. The molecule has 1 saturated heterocycles. The first-order valence-corrected chi connectivity index (χ1v) is 7.40. The van der Waals surface area contributed by atoms with E-state index >= 15 is 0 Å². The van der Waals surface area contributed by atoms with E-state index in [0.717, 1.165) is 44.8 Å².